The summed E-state index contributed by atoms with van der Waals surface area (Å²) in [4.78, 5) is 6.36. The molecular weight excluding hydrogens is 348 g/mol. The van der Waals surface area contributed by atoms with Crippen molar-refractivity contribution in [3.63, 3.8) is 0 Å². The van der Waals surface area contributed by atoms with Crippen LogP contribution in [0.15, 0.2) is 47.8 Å². The van der Waals surface area contributed by atoms with Crippen LogP contribution in [0.4, 0.5) is 0 Å². The molecule has 0 aliphatic carbocycles. The summed E-state index contributed by atoms with van der Waals surface area (Å²) in [6, 6.07) is 15.1. The molecule has 0 saturated carbocycles. The molecule has 1 aromatic carbocycles. The molecule has 3 rings (SSSR count). The summed E-state index contributed by atoms with van der Waals surface area (Å²) in [5.41, 5.74) is 1.24. The summed E-state index contributed by atoms with van der Waals surface area (Å²) in [7, 11) is 2.19. The number of benzene rings is 1. The summed E-state index contributed by atoms with van der Waals surface area (Å²) < 4.78 is 0. The Hall–Kier alpha value is -1.47. The molecule has 2 heterocycles. The summed E-state index contributed by atoms with van der Waals surface area (Å²) in [6.45, 7) is 6.04. The molecule has 134 valence electrons. The molecule has 1 atom stereocenters. The standard InChI is InChI=1S/C19H26N4S2/c1-22-9-11-23(12-10-22)17(18-8-5-13-25-18)15-21-19(24)20-14-16-6-3-2-4-7-16/h2-8,13,17H,9-12,14-15H2,1H3,(H2,20,21,24)/t17-/m1/s1. The minimum Gasteiger partial charge on any atom is -0.361 e. The van der Waals surface area contributed by atoms with E-state index in [2.05, 4.69) is 57.1 Å². The second-order valence-electron chi connectivity index (χ2n) is 6.42. The first-order chi connectivity index (χ1) is 12.2. The molecule has 1 saturated heterocycles. The van der Waals surface area contributed by atoms with Crippen LogP contribution in [0.3, 0.4) is 0 Å². The number of rotatable bonds is 6. The molecule has 25 heavy (non-hydrogen) atoms. The van der Waals surface area contributed by atoms with E-state index in [9.17, 15) is 0 Å². The van der Waals surface area contributed by atoms with Gasteiger partial charge < -0.3 is 15.5 Å². The quantitative estimate of drug-likeness (QED) is 0.759. The van der Waals surface area contributed by atoms with Crippen molar-refractivity contribution >= 4 is 28.7 Å². The van der Waals surface area contributed by atoms with Crippen LogP contribution in [0.5, 0.6) is 0 Å². The molecule has 0 unspecified atom stereocenters. The molecule has 2 N–H and O–H groups in total. The van der Waals surface area contributed by atoms with E-state index in [1.807, 2.05) is 29.5 Å². The van der Waals surface area contributed by atoms with Crippen molar-refractivity contribution in [2.75, 3.05) is 39.8 Å². The van der Waals surface area contributed by atoms with E-state index < -0.39 is 0 Å². The Morgan fingerprint density at radius 1 is 1.08 bits per heavy atom. The maximum Gasteiger partial charge on any atom is 0.166 e. The highest BCUT2D eigenvalue weighted by Gasteiger charge is 2.24. The van der Waals surface area contributed by atoms with Crippen LogP contribution in [-0.4, -0.2) is 54.7 Å². The Balaban J connectivity index is 1.52. The van der Waals surface area contributed by atoms with Gasteiger partial charge in [0.1, 0.15) is 0 Å². The number of hydrogen-bond donors (Lipinski definition) is 2. The highest BCUT2D eigenvalue weighted by molar-refractivity contribution is 7.80. The van der Waals surface area contributed by atoms with Crippen LogP contribution in [0.1, 0.15) is 16.5 Å². The Labute approximate surface area is 159 Å². The van der Waals surface area contributed by atoms with Gasteiger partial charge in [-0.25, -0.2) is 0 Å². The molecule has 1 aliphatic rings. The lowest BCUT2D eigenvalue weighted by atomic mass is 10.1. The van der Waals surface area contributed by atoms with E-state index in [-0.39, 0.29) is 0 Å². The van der Waals surface area contributed by atoms with Gasteiger partial charge >= 0.3 is 0 Å². The van der Waals surface area contributed by atoms with Gasteiger partial charge in [-0.3, -0.25) is 4.90 Å². The van der Waals surface area contributed by atoms with Gasteiger partial charge in [0.05, 0.1) is 6.04 Å². The first kappa shape index (κ1) is 18.3. The minimum atomic E-state index is 0.380. The molecule has 1 aliphatic heterocycles. The van der Waals surface area contributed by atoms with Gasteiger partial charge in [0.25, 0.3) is 0 Å². The smallest absolute Gasteiger partial charge is 0.166 e. The molecule has 4 nitrogen and oxygen atoms in total. The average Bonchev–Trinajstić information content (AvgIpc) is 3.17. The predicted molar refractivity (Wildman–Crippen MR) is 110 cm³/mol. The molecular formula is C19H26N4S2. The lowest BCUT2D eigenvalue weighted by molar-refractivity contribution is 0.114. The maximum atomic E-state index is 5.48. The molecule has 0 bridgehead atoms. The number of hydrogen-bond acceptors (Lipinski definition) is 4. The largest absolute Gasteiger partial charge is 0.361 e. The minimum absolute atomic E-state index is 0.380. The second-order valence-corrected chi connectivity index (χ2v) is 7.81. The van der Waals surface area contributed by atoms with Gasteiger partial charge in [-0.15, -0.1) is 11.3 Å². The average molecular weight is 375 g/mol. The third kappa shape index (κ3) is 5.51. The van der Waals surface area contributed by atoms with Crippen molar-refractivity contribution in [3.05, 3.63) is 58.3 Å². The molecule has 0 spiro atoms. The zero-order valence-electron chi connectivity index (χ0n) is 14.6. The molecule has 6 heteroatoms. The van der Waals surface area contributed by atoms with Gasteiger partial charge in [0, 0.05) is 44.1 Å². The van der Waals surface area contributed by atoms with Gasteiger partial charge in [0.15, 0.2) is 5.11 Å². The van der Waals surface area contributed by atoms with E-state index in [1.165, 1.54) is 10.4 Å². The van der Waals surface area contributed by atoms with Crippen LogP contribution < -0.4 is 10.6 Å². The van der Waals surface area contributed by atoms with E-state index in [0.717, 1.165) is 44.4 Å². The third-order valence-corrected chi connectivity index (χ3v) is 5.86. The number of thiophene rings is 1. The molecule has 0 radical (unpaired) electrons. The van der Waals surface area contributed by atoms with Crippen molar-refractivity contribution in [1.29, 1.82) is 0 Å². The number of piperazine rings is 1. The van der Waals surface area contributed by atoms with E-state index >= 15 is 0 Å². The topological polar surface area (TPSA) is 30.5 Å². The highest BCUT2D eigenvalue weighted by atomic mass is 32.1. The number of likely N-dealkylation sites (N-methyl/N-ethyl adjacent to an activating group) is 1. The van der Waals surface area contributed by atoms with Crippen LogP contribution >= 0.6 is 23.6 Å². The van der Waals surface area contributed by atoms with Crippen molar-refractivity contribution in [2.24, 2.45) is 0 Å². The summed E-state index contributed by atoms with van der Waals surface area (Å²) in [6.07, 6.45) is 0. The number of nitrogens with zero attached hydrogens (tertiary/aromatic N) is 2. The summed E-state index contributed by atoms with van der Waals surface area (Å²) in [5, 5.41) is 9.61. The molecule has 1 fully saturated rings. The van der Waals surface area contributed by atoms with E-state index in [0.29, 0.717) is 6.04 Å². The lowest BCUT2D eigenvalue weighted by Crippen LogP contribution is -2.49. The first-order valence-electron chi connectivity index (χ1n) is 8.74. The molecule has 2 aromatic rings. The summed E-state index contributed by atoms with van der Waals surface area (Å²) >= 11 is 7.30. The monoisotopic (exact) mass is 374 g/mol. The zero-order chi connectivity index (χ0) is 17.5. The van der Waals surface area contributed by atoms with Gasteiger partial charge in [-0.2, -0.15) is 0 Å². The number of nitrogens with one attached hydrogen (secondary N) is 2. The Bertz CT molecular complexity index is 637. The maximum absolute atomic E-state index is 5.48. The van der Waals surface area contributed by atoms with E-state index in [1.54, 1.807) is 0 Å². The third-order valence-electron chi connectivity index (χ3n) is 4.60. The second kappa shape index (κ2) is 9.29. The fraction of sp³-hybridized carbons (Fsp3) is 0.421. The fourth-order valence-electron chi connectivity index (χ4n) is 3.05. The van der Waals surface area contributed by atoms with Gasteiger partial charge in [-0.05, 0) is 36.3 Å². The van der Waals surface area contributed by atoms with Crippen molar-refractivity contribution in [1.82, 2.24) is 20.4 Å². The lowest BCUT2D eigenvalue weighted by Gasteiger charge is -2.37. The van der Waals surface area contributed by atoms with Crippen LogP contribution in [0, 0.1) is 0 Å². The van der Waals surface area contributed by atoms with Crippen molar-refractivity contribution in [3.8, 4) is 0 Å². The first-order valence-corrected chi connectivity index (χ1v) is 10.0. The van der Waals surface area contributed by atoms with Gasteiger partial charge in [-0.1, -0.05) is 36.4 Å². The summed E-state index contributed by atoms with van der Waals surface area (Å²) in [5.74, 6) is 0. The van der Waals surface area contributed by atoms with Crippen molar-refractivity contribution in [2.45, 2.75) is 12.6 Å². The van der Waals surface area contributed by atoms with E-state index in [4.69, 9.17) is 12.2 Å². The van der Waals surface area contributed by atoms with Gasteiger partial charge in [0.2, 0.25) is 0 Å². The molecule has 0 amide bonds. The fourth-order valence-corrected chi connectivity index (χ4v) is 4.07. The van der Waals surface area contributed by atoms with Crippen LogP contribution in [-0.2, 0) is 6.54 Å². The van der Waals surface area contributed by atoms with Crippen LogP contribution in [0.2, 0.25) is 0 Å². The van der Waals surface area contributed by atoms with Crippen LogP contribution in [0.25, 0.3) is 0 Å². The highest BCUT2D eigenvalue weighted by Crippen LogP contribution is 2.25. The van der Waals surface area contributed by atoms with Crippen molar-refractivity contribution < 1.29 is 0 Å². The zero-order valence-corrected chi connectivity index (χ0v) is 16.3. The number of thiocarbonyl (C=S) groups is 1. The predicted octanol–water partition coefficient (Wildman–Crippen LogP) is 2.70. The normalized spacial score (nSPS) is 17.2. The molecule has 1 aromatic heterocycles. The Kier molecular flexibility index (Phi) is 6.81. The Morgan fingerprint density at radius 2 is 1.84 bits per heavy atom. The Morgan fingerprint density at radius 3 is 2.52 bits per heavy atom. The SMILES string of the molecule is CN1CCN([C@H](CNC(=S)NCc2ccccc2)c2cccs2)CC1.